The monoisotopic (exact) mass is 251 g/mol. The van der Waals surface area contributed by atoms with E-state index in [1.807, 2.05) is 24.7 Å². The van der Waals surface area contributed by atoms with Gasteiger partial charge in [-0.05, 0) is 40.5 Å². The van der Waals surface area contributed by atoms with E-state index >= 15 is 0 Å². The molecule has 2 rings (SSSR count). The summed E-state index contributed by atoms with van der Waals surface area (Å²) in [5.41, 5.74) is 1.41. The van der Waals surface area contributed by atoms with Crippen molar-refractivity contribution >= 4 is 0 Å². The molecule has 0 bridgehead atoms. The van der Waals surface area contributed by atoms with Crippen molar-refractivity contribution < 1.29 is 4.74 Å². The largest absolute Gasteiger partial charge is 0.473 e. The van der Waals surface area contributed by atoms with Crippen LogP contribution in [0.5, 0.6) is 5.88 Å². The summed E-state index contributed by atoms with van der Waals surface area (Å²) in [6, 6.07) is 2.01. The van der Waals surface area contributed by atoms with Gasteiger partial charge in [-0.15, -0.1) is 5.10 Å². The van der Waals surface area contributed by atoms with Crippen molar-refractivity contribution in [1.82, 2.24) is 14.7 Å². The van der Waals surface area contributed by atoms with E-state index in [1.165, 1.54) is 0 Å². The fraction of sp³-hybridized carbons (Fsp3) is 0.786. The summed E-state index contributed by atoms with van der Waals surface area (Å²) >= 11 is 0. The molecule has 2 heterocycles. The number of nitrogens with zero attached hydrogens (tertiary/aromatic N) is 3. The van der Waals surface area contributed by atoms with Gasteiger partial charge in [-0.2, -0.15) is 0 Å². The molecule has 0 N–H and O–H groups in total. The first-order valence-electron chi connectivity index (χ1n) is 6.78. The zero-order valence-electron chi connectivity index (χ0n) is 12.2. The Labute approximate surface area is 110 Å². The van der Waals surface area contributed by atoms with Crippen LogP contribution >= 0.6 is 0 Å². The van der Waals surface area contributed by atoms with E-state index in [9.17, 15) is 0 Å². The Morgan fingerprint density at radius 1 is 1.28 bits per heavy atom. The summed E-state index contributed by atoms with van der Waals surface area (Å²) < 4.78 is 7.82. The number of aryl methyl sites for hydroxylation is 2. The third-order valence-electron chi connectivity index (χ3n) is 3.77. The summed E-state index contributed by atoms with van der Waals surface area (Å²) in [4.78, 5) is 2.52. The molecule has 1 aromatic rings. The Morgan fingerprint density at radius 3 is 2.33 bits per heavy atom. The molecule has 1 aromatic heterocycles. The van der Waals surface area contributed by atoms with Gasteiger partial charge < -0.3 is 4.74 Å². The zero-order valence-corrected chi connectivity index (χ0v) is 12.2. The van der Waals surface area contributed by atoms with Crippen LogP contribution in [0.2, 0.25) is 0 Å². The van der Waals surface area contributed by atoms with Crippen LogP contribution in [0.15, 0.2) is 6.07 Å². The van der Waals surface area contributed by atoms with Crippen LogP contribution in [0.25, 0.3) is 0 Å². The van der Waals surface area contributed by atoms with Crippen LogP contribution in [0.3, 0.4) is 0 Å². The number of ether oxygens (including phenoxy) is 1. The van der Waals surface area contributed by atoms with Crippen molar-refractivity contribution in [3.05, 3.63) is 11.8 Å². The fourth-order valence-electron chi connectivity index (χ4n) is 2.40. The topological polar surface area (TPSA) is 30.3 Å². The van der Waals surface area contributed by atoms with E-state index in [-0.39, 0.29) is 5.54 Å². The molecular weight excluding hydrogens is 226 g/mol. The second kappa shape index (κ2) is 4.92. The molecule has 0 radical (unpaired) electrons. The molecule has 0 aromatic carbocycles. The minimum atomic E-state index is 0.270. The van der Waals surface area contributed by atoms with Gasteiger partial charge in [0.05, 0.1) is 0 Å². The molecule has 18 heavy (non-hydrogen) atoms. The average Bonchev–Trinajstić information content (AvgIpc) is 2.57. The Kier molecular flexibility index (Phi) is 3.66. The lowest BCUT2D eigenvalue weighted by Gasteiger charge is -2.40. The van der Waals surface area contributed by atoms with Crippen molar-refractivity contribution in [2.75, 3.05) is 13.1 Å². The number of piperidine rings is 1. The Hall–Kier alpha value is -1.03. The lowest BCUT2D eigenvalue weighted by Crippen LogP contribution is -2.48. The molecule has 0 saturated carbocycles. The first-order valence-corrected chi connectivity index (χ1v) is 6.78. The maximum Gasteiger partial charge on any atom is 0.233 e. The van der Waals surface area contributed by atoms with Crippen LogP contribution < -0.4 is 4.74 Å². The molecule has 0 spiro atoms. The van der Waals surface area contributed by atoms with Gasteiger partial charge in [-0.1, -0.05) is 0 Å². The second-order valence-corrected chi connectivity index (χ2v) is 6.22. The van der Waals surface area contributed by atoms with Crippen molar-refractivity contribution in [3.63, 3.8) is 0 Å². The highest BCUT2D eigenvalue weighted by atomic mass is 16.5. The maximum atomic E-state index is 5.96. The number of rotatable bonds is 2. The molecular formula is C14H25N3O. The Bertz CT molecular complexity index is 378. The molecule has 4 nitrogen and oxygen atoms in total. The SMILES string of the molecule is Cc1cc(OC2CCN(C(C)(C)C)CC2)nn1C. The summed E-state index contributed by atoms with van der Waals surface area (Å²) in [5, 5.41) is 4.35. The number of hydrogen-bond donors (Lipinski definition) is 0. The Morgan fingerprint density at radius 2 is 1.89 bits per heavy atom. The van der Waals surface area contributed by atoms with Gasteiger partial charge in [0.15, 0.2) is 0 Å². The molecule has 4 heteroatoms. The highest BCUT2D eigenvalue weighted by Gasteiger charge is 2.28. The predicted octanol–water partition coefficient (Wildman–Crippen LogP) is 2.37. The quantitative estimate of drug-likeness (QED) is 0.808. The van der Waals surface area contributed by atoms with E-state index in [0.29, 0.717) is 6.10 Å². The molecule has 102 valence electrons. The van der Waals surface area contributed by atoms with Gasteiger partial charge in [0, 0.05) is 37.4 Å². The van der Waals surface area contributed by atoms with E-state index in [2.05, 4.69) is 30.8 Å². The van der Waals surface area contributed by atoms with Crippen LogP contribution in [0.1, 0.15) is 39.3 Å². The van der Waals surface area contributed by atoms with E-state index in [4.69, 9.17) is 4.74 Å². The van der Waals surface area contributed by atoms with Crippen molar-refractivity contribution in [2.45, 2.75) is 52.2 Å². The Balaban J connectivity index is 1.87. The lowest BCUT2D eigenvalue weighted by molar-refractivity contribution is 0.0470. The lowest BCUT2D eigenvalue weighted by atomic mass is 9.99. The van der Waals surface area contributed by atoms with Crippen LogP contribution in [-0.4, -0.2) is 39.4 Å². The van der Waals surface area contributed by atoms with E-state index in [1.54, 1.807) is 0 Å². The fourth-order valence-corrected chi connectivity index (χ4v) is 2.40. The van der Waals surface area contributed by atoms with Gasteiger partial charge in [0.1, 0.15) is 6.10 Å². The third-order valence-corrected chi connectivity index (χ3v) is 3.77. The number of aromatic nitrogens is 2. The zero-order chi connectivity index (χ0) is 13.3. The van der Waals surface area contributed by atoms with E-state index in [0.717, 1.165) is 37.5 Å². The van der Waals surface area contributed by atoms with E-state index < -0.39 is 0 Å². The van der Waals surface area contributed by atoms with Crippen molar-refractivity contribution in [3.8, 4) is 5.88 Å². The van der Waals surface area contributed by atoms with Gasteiger partial charge in [-0.25, -0.2) is 0 Å². The predicted molar refractivity (Wildman–Crippen MR) is 72.9 cm³/mol. The first-order chi connectivity index (χ1) is 8.36. The minimum absolute atomic E-state index is 0.270. The first kappa shape index (κ1) is 13.4. The van der Waals surface area contributed by atoms with Crippen LogP contribution in [-0.2, 0) is 7.05 Å². The maximum absolute atomic E-state index is 5.96. The van der Waals surface area contributed by atoms with Crippen LogP contribution in [0, 0.1) is 6.92 Å². The number of hydrogen-bond acceptors (Lipinski definition) is 3. The summed E-state index contributed by atoms with van der Waals surface area (Å²) in [5.74, 6) is 0.768. The molecule has 1 aliphatic heterocycles. The second-order valence-electron chi connectivity index (χ2n) is 6.22. The van der Waals surface area contributed by atoms with Crippen molar-refractivity contribution in [2.24, 2.45) is 7.05 Å². The molecule has 0 unspecified atom stereocenters. The molecule has 0 aliphatic carbocycles. The molecule has 1 aliphatic rings. The van der Waals surface area contributed by atoms with Gasteiger partial charge in [-0.3, -0.25) is 9.58 Å². The average molecular weight is 251 g/mol. The standard InChI is InChI=1S/C14H25N3O/c1-11-10-13(15-16(11)5)18-12-6-8-17(9-7-12)14(2,3)4/h10,12H,6-9H2,1-5H3. The molecule has 1 fully saturated rings. The highest BCUT2D eigenvalue weighted by Crippen LogP contribution is 2.23. The van der Waals surface area contributed by atoms with Gasteiger partial charge >= 0.3 is 0 Å². The highest BCUT2D eigenvalue weighted by molar-refractivity contribution is 5.14. The van der Waals surface area contributed by atoms with Gasteiger partial charge in [0.25, 0.3) is 0 Å². The minimum Gasteiger partial charge on any atom is -0.473 e. The number of likely N-dealkylation sites (tertiary alicyclic amines) is 1. The molecule has 0 amide bonds. The molecule has 0 atom stereocenters. The van der Waals surface area contributed by atoms with Gasteiger partial charge in [0.2, 0.25) is 5.88 Å². The molecule has 1 saturated heterocycles. The normalized spacial score (nSPS) is 19.2. The van der Waals surface area contributed by atoms with Crippen LogP contribution in [0.4, 0.5) is 0 Å². The third kappa shape index (κ3) is 3.05. The summed E-state index contributed by atoms with van der Waals surface area (Å²) in [6.07, 6.45) is 2.50. The summed E-state index contributed by atoms with van der Waals surface area (Å²) in [6.45, 7) is 11.1. The van der Waals surface area contributed by atoms with Crippen molar-refractivity contribution in [1.29, 1.82) is 0 Å². The smallest absolute Gasteiger partial charge is 0.233 e. The summed E-state index contributed by atoms with van der Waals surface area (Å²) in [7, 11) is 1.95.